The van der Waals surface area contributed by atoms with E-state index in [1.165, 1.54) is 0 Å². The highest BCUT2D eigenvalue weighted by atomic mass is 16.3. The summed E-state index contributed by atoms with van der Waals surface area (Å²) in [5.41, 5.74) is 2.26. The molecule has 7 heteroatoms. The lowest BCUT2D eigenvalue weighted by Crippen LogP contribution is -2.39. The molecule has 0 unspecified atom stereocenters. The number of rotatable bonds is 4. The van der Waals surface area contributed by atoms with E-state index in [1.54, 1.807) is 28.0 Å². The number of pyridine rings is 1. The number of carbonyl (C=O) groups is 1. The predicted molar refractivity (Wildman–Crippen MR) is 77.6 cm³/mol. The minimum Gasteiger partial charge on any atom is -0.393 e. The first-order chi connectivity index (χ1) is 10.7. The summed E-state index contributed by atoms with van der Waals surface area (Å²) in [6.07, 6.45) is 2.73. The van der Waals surface area contributed by atoms with Crippen molar-refractivity contribution in [2.24, 2.45) is 0 Å². The van der Waals surface area contributed by atoms with Crippen LogP contribution in [0.5, 0.6) is 0 Å². The summed E-state index contributed by atoms with van der Waals surface area (Å²) < 4.78 is 1.78. The Labute approximate surface area is 127 Å². The number of carbonyl (C=O) groups excluding carboxylic acids is 1. The van der Waals surface area contributed by atoms with E-state index >= 15 is 0 Å². The maximum atomic E-state index is 12.4. The van der Waals surface area contributed by atoms with Crippen molar-refractivity contribution in [2.75, 3.05) is 13.2 Å². The maximum absolute atomic E-state index is 12.4. The minimum absolute atomic E-state index is 0.0582. The summed E-state index contributed by atoms with van der Waals surface area (Å²) in [5.74, 6) is 0.0582. The Bertz CT molecular complexity index is 656. The number of aromatic nitrogens is 3. The SMILES string of the molecule is O=C(Cc1ccncc1)N1CCn2nc([C@@H](O)CO)cc2C1. The van der Waals surface area contributed by atoms with Gasteiger partial charge in [0.1, 0.15) is 6.10 Å². The van der Waals surface area contributed by atoms with E-state index in [2.05, 4.69) is 10.1 Å². The average Bonchev–Trinajstić information content (AvgIpc) is 2.98. The highest BCUT2D eigenvalue weighted by Gasteiger charge is 2.23. The summed E-state index contributed by atoms with van der Waals surface area (Å²) >= 11 is 0. The Morgan fingerprint density at radius 2 is 2.09 bits per heavy atom. The highest BCUT2D eigenvalue weighted by molar-refractivity contribution is 5.78. The van der Waals surface area contributed by atoms with Gasteiger partial charge in [0.15, 0.2) is 0 Å². The Morgan fingerprint density at radius 1 is 1.32 bits per heavy atom. The average molecular weight is 302 g/mol. The van der Waals surface area contributed by atoms with Crippen molar-refractivity contribution in [3.8, 4) is 0 Å². The van der Waals surface area contributed by atoms with Gasteiger partial charge in [0.25, 0.3) is 0 Å². The van der Waals surface area contributed by atoms with Gasteiger partial charge in [-0.2, -0.15) is 5.10 Å². The fourth-order valence-corrected chi connectivity index (χ4v) is 2.54. The van der Waals surface area contributed by atoms with Gasteiger partial charge >= 0.3 is 0 Å². The fourth-order valence-electron chi connectivity index (χ4n) is 2.54. The Hall–Kier alpha value is -2.25. The molecule has 2 N–H and O–H groups in total. The number of fused-ring (bicyclic) bond motifs is 1. The maximum Gasteiger partial charge on any atom is 0.227 e. The van der Waals surface area contributed by atoms with Crippen molar-refractivity contribution in [2.45, 2.75) is 25.6 Å². The molecule has 0 aliphatic carbocycles. The second-order valence-electron chi connectivity index (χ2n) is 5.33. The van der Waals surface area contributed by atoms with Crippen LogP contribution in [-0.4, -0.2) is 48.9 Å². The summed E-state index contributed by atoms with van der Waals surface area (Å²) in [4.78, 5) is 18.1. The lowest BCUT2D eigenvalue weighted by atomic mass is 10.1. The molecule has 0 bridgehead atoms. The van der Waals surface area contributed by atoms with Crippen LogP contribution in [0.4, 0.5) is 0 Å². The van der Waals surface area contributed by atoms with E-state index in [0.29, 0.717) is 31.7 Å². The Balaban J connectivity index is 1.68. The molecule has 3 heterocycles. The van der Waals surface area contributed by atoms with Crippen LogP contribution in [-0.2, 0) is 24.3 Å². The number of aliphatic hydroxyl groups excluding tert-OH is 2. The third kappa shape index (κ3) is 3.00. The zero-order valence-electron chi connectivity index (χ0n) is 12.1. The molecule has 1 aliphatic rings. The molecule has 1 aliphatic heterocycles. The molecule has 1 atom stereocenters. The predicted octanol–water partition coefficient (Wildman–Crippen LogP) is -0.111. The molecular formula is C15H18N4O3. The molecule has 0 saturated carbocycles. The van der Waals surface area contributed by atoms with Gasteiger partial charge in [0.05, 0.1) is 37.5 Å². The van der Waals surface area contributed by atoms with Gasteiger partial charge in [0, 0.05) is 18.9 Å². The van der Waals surface area contributed by atoms with Crippen molar-refractivity contribution in [1.82, 2.24) is 19.7 Å². The van der Waals surface area contributed by atoms with Crippen LogP contribution in [0.3, 0.4) is 0 Å². The second kappa shape index (κ2) is 6.25. The smallest absolute Gasteiger partial charge is 0.227 e. The van der Waals surface area contributed by atoms with Gasteiger partial charge in [-0.25, -0.2) is 0 Å². The first kappa shape index (κ1) is 14.7. The topological polar surface area (TPSA) is 91.5 Å². The molecule has 0 saturated heterocycles. The van der Waals surface area contributed by atoms with Crippen molar-refractivity contribution < 1.29 is 15.0 Å². The van der Waals surface area contributed by atoms with Crippen LogP contribution in [0, 0.1) is 0 Å². The van der Waals surface area contributed by atoms with Gasteiger partial charge in [0.2, 0.25) is 5.91 Å². The lowest BCUT2D eigenvalue weighted by Gasteiger charge is -2.27. The number of hydrogen-bond donors (Lipinski definition) is 2. The zero-order valence-corrected chi connectivity index (χ0v) is 12.1. The Kier molecular flexibility index (Phi) is 4.17. The first-order valence-electron chi connectivity index (χ1n) is 7.19. The summed E-state index contributed by atoms with van der Waals surface area (Å²) in [5, 5.41) is 22.9. The third-order valence-electron chi connectivity index (χ3n) is 3.79. The van der Waals surface area contributed by atoms with Crippen LogP contribution >= 0.6 is 0 Å². The number of nitrogens with zero attached hydrogens (tertiary/aromatic N) is 4. The largest absolute Gasteiger partial charge is 0.393 e. The molecule has 0 aromatic carbocycles. The quantitative estimate of drug-likeness (QED) is 0.822. The van der Waals surface area contributed by atoms with Gasteiger partial charge < -0.3 is 15.1 Å². The van der Waals surface area contributed by atoms with Crippen molar-refractivity contribution in [3.63, 3.8) is 0 Å². The number of aliphatic hydroxyl groups is 2. The van der Waals surface area contributed by atoms with E-state index in [0.717, 1.165) is 11.3 Å². The van der Waals surface area contributed by atoms with Crippen molar-refractivity contribution in [3.05, 3.63) is 47.5 Å². The van der Waals surface area contributed by atoms with Gasteiger partial charge in [-0.05, 0) is 23.8 Å². The van der Waals surface area contributed by atoms with Crippen LogP contribution in [0.1, 0.15) is 23.1 Å². The molecule has 22 heavy (non-hydrogen) atoms. The summed E-state index contributed by atoms with van der Waals surface area (Å²) in [6, 6.07) is 5.41. The summed E-state index contributed by atoms with van der Waals surface area (Å²) in [6.45, 7) is 1.29. The zero-order chi connectivity index (χ0) is 15.5. The van der Waals surface area contributed by atoms with E-state index in [9.17, 15) is 9.90 Å². The molecule has 116 valence electrons. The summed E-state index contributed by atoms with van der Waals surface area (Å²) in [7, 11) is 0. The van der Waals surface area contributed by atoms with Crippen LogP contribution in [0.25, 0.3) is 0 Å². The van der Waals surface area contributed by atoms with Gasteiger partial charge in [-0.1, -0.05) is 0 Å². The first-order valence-corrected chi connectivity index (χ1v) is 7.19. The molecule has 1 amide bonds. The van der Waals surface area contributed by atoms with E-state index in [-0.39, 0.29) is 12.5 Å². The third-order valence-corrected chi connectivity index (χ3v) is 3.79. The van der Waals surface area contributed by atoms with Crippen LogP contribution in [0.2, 0.25) is 0 Å². The molecule has 0 fully saturated rings. The van der Waals surface area contributed by atoms with Gasteiger partial charge in [-0.3, -0.25) is 14.5 Å². The highest BCUT2D eigenvalue weighted by Crippen LogP contribution is 2.18. The Morgan fingerprint density at radius 3 is 2.82 bits per heavy atom. The van der Waals surface area contributed by atoms with Crippen molar-refractivity contribution in [1.29, 1.82) is 0 Å². The molecule has 0 spiro atoms. The second-order valence-corrected chi connectivity index (χ2v) is 5.33. The molecular weight excluding hydrogens is 284 g/mol. The van der Waals surface area contributed by atoms with Crippen LogP contribution in [0.15, 0.2) is 30.6 Å². The monoisotopic (exact) mass is 302 g/mol. The molecule has 2 aromatic heterocycles. The normalized spacial score (nSPS) is 15.5. The van der Waals surface area contributed by atoms with Crippen molar-refractivity contribution >= 4 is 5.91 Å². The molecule has 0 radical (unpaired) electrons. The number of amides is 1. The van der Waals surface area contributed by atoms with E-state index < -0.39 is 6.10 Å². The molecule has 2 aromatic rings. The fraction of sp³-hybridized carbons (Fsp3) is 0.400. The van der Waals surface area contributed by atoms with E-state index in [1.807, 2.05) is 12.1 Å². The molecule has 3 rings (SSSR count). The number of hydrogen-bond acceptors (Lipinski definition) is 5. The molecule has 7 nitrogen and oxygen atoms in total. The lowest BCUT2D eigenvalue weighted by molar-refractivity contribution is -0.132. The van der Waals surface area contributed by atoms with Gasteiger partial charge in [-0.15, -0.1) is 0 Å². The van der Waals surface area contributed by atoms with Crippen LogP contribution < -0.4 is 0 Å². The van der Waals surface area contributed by atoms with E-state index in [4.69, 9.17) is 5.11 Å². The standard InChI is InChI=1S/C15H18N4O3/c20-10-14(21)13-8-12-9-18(5-6-19(12)17-13)15(22)7-11-1-3-16-4-2-11/h1-4,8,14,20-21H,5-7,9-10H2/t14-/m0/s1. The minimum atomic E-state index is -0.973.